The molecule has 31 heavy (non-hydrogen) atoms. The minimum absolute atomic E-state index is 0.0100. The topological polar surface area (TPSA) is 72.8 Å². The minimum atomic E-state index is -1.29. The van der Waals surface area contributed by atoms with Crippen molar-refractivity contribution in [3.63, 3.8) is 0 Å². The number of carbonyl (C=O) groups excluding carboxylic acids is 1. The van der Waals surface area contributed by atoms with Crippen LogP contribution in [0.4, 0.5) is 24.5 Å². The summed E-state index contributed by atoms with van der Waals surface area (Å²) in [5.41, 5.74) is -1.92. The van der Waals surface area contributed by atoms with E-state index in [0.717, 1.165) is 25.0 Å². The summed E-state index contributed by atoms with van der Waals surface area (Å²) in [6, 6.07) is 6.18. The van der Waals surface area contributed by atoms with Crippen molar-refractivity contribution in [3.05, 3.63) is 56.9 Å². The molecule has 0 bridgehead atoms. The Morgan fingerprint density at radius 1 is 1.10 bits per heavy atom. The number of likely N-dealkylation sites (tertiary alicyclic amines) is 1. The van der Waals surface area contributed by atoms with E-state index in [9.17, 15) is 28.2 Å². The molecule has 9 heteroatoms. The van der Waals surface area contributed by atoms with E-state index in [0.29, 0.717) is 16.4 Å². The number of β-amino-alcohol motifs (C(OH)–C–C–N with tert-alkyl or cyclic N) is 1. The Labute approximate surface area is 191 Å². The molecule has 0 unspecified atom stereocenters. The SMILES string of the molecule is O=C(c1ccc(F)c(F)c1Nc1ccc(I)cc1F)N1CC(O)([C@@H]2CCCC[C@@H]2O)C1. The van der Waals surface area contributed by atoms with E-state index in [4.69, 9.17) is 0 Å². The molecule has 2 fully saturated rings. The van der Waals surface area contributed by atoms with Gasteiger partial charge in [0.2, 0.25) is 0 Å². The van der Waals surface area contributed by atoms with Crippen LogP contribution in [0.1, 0.15) is 36.0 Å². The highest BCUT2D eigenvalue weighted by molar-refractivity contribution is 14.1. The first kappa shape index (κ1) is 22.3. The fourth-order valence-electron chi connectivity index (χ4n) is 4.48. The highest BCUT2D eigenvalue weighted by atomic mass is 127. The van der Waals surface area contributed by atoms with E-state index in [1.165, 1.54) is 17.0 Å². The van der Waals surface area contributed by atoms with Gasteiger partial charge in [-0.3, -0.25) is 4.79 Å². The maximum absolute atomic E-state index is 14.6. The van der Waals surface area contributed by atoms with E-state index >= 15 is 0 Å². The van der Waals surface area contributed by atoms with Crippen molar-refractivity contribution in [1.29, 1.82) is 0 Å². The van der Waals surface area contributed by atoms with E-state index < -0.39 is 40.8 Å². The van der Waals surface area contributed by atoms with Crippen molar-refractivity contribution in [2.45, 2.75) is 37.4 Å². The number of hydrogen-bond acceptors (Lipinski definition) is 4. The van der Waals surface area contributed by atoms with Gasteiger partial charge in [-0.15, -0.1) is 0 Å². The summed E-state index contributed by atoms with van der Waals surface area (Å²) < 4.78 is 43.3. The molecule has 0 aromatic heterocycles. The van der Waals surface area contributed by atoms with Crippen molar-refractivity contribution >= 4 is 39.9 Å². The van der Waals surface area contributed by atoms with E-state index in [1.54, 1.807) is 6.07 Å². The molecule has 1 saturated heterocycles. The normalized spacial score (nSPS) is 22.7. The monoisotopic (exact) mass is 546 g/mol. The van der Waals surface area contributed by atoms with Crippen molar-refractivity contribution < 1.29 is 28.2 Å². The lowest BCUT2D eigenvalue weighted by atomic mass is 9.71. The van der Waals surface area contributed by atoms with Crippen molar-refractivity contribution in [2.75, 3.05) is 18.4 Å². The first-order valence-electron chi connectivity index (χ1n) is 10.1. The summed E-state index contributed by atoms with van der Waals surface area (Å²) >= 11 is 1.92. The number of hydrogen-bond donors (Lipinski definition) is 3. The van der Waals surface area contributed by atoms with Crippen molar-refractivity contribution in [1.82, 2.24) is 4.90 Å². The quantitative estimate of drug-likeness (QED) is 0.504. The maximum atomic E-state index is 14.6. The molecule has 0 spiro atoms. The number of nitrogens with one attached hydrogen (secondary N) is 1. The minimum Gasteiger partial charge on any atom is -0.393 e. The highest BCUT2D eigenvalue weighted by Gasteiger charge is 2.52. The van der Waals surface area contributed by atoms with Crippen LogP contribution < -0.4 is 5.32 Å². The zero-order valence-electron chi connectivity index (χ0n) is 16.5. The lowest BCUT2D eigenvalue weighted by Crippen LogP contribution is -2.68. The van der Waals surface area contributed by atoms with Crippen LogP contribution in [0.3, 0.4) is 0 Å². The van der Waals surface area contributed by atoms with Gasteiger partial charge in [0.1, 0.15) is 11.4 Å². The third-order valence-corrected chi connectivity index (χ3v) is 6.82. The van der Waals surface area contributed by atoms with Crippen molar-refractivity contribution in [3.8, 4) is 0 Å². The van der Waals surface area contributed by atoms with Gasteiger partial charge in [-0.1, -0.05) is 12.8 Å². The predicted molar refractivity (Wildman–Crippen MR) is 118 cm³/mol. The van der Waals surface area contributed by atoms with E-state index in [-0.39, 0.29) is 30.3 Å². The number of benzene rings is 2. The standard InChI is InChI=1S/C22H22F3IN2O3/c23-15-7-6-13(20(19(15)25)27-17-8-5-12(26)9-16(17)24)21(30)28-10-22(31,11-28)14-3-1-2-4-18(14)29/h5-9,14,18,27,29,31H,1-4,10-11H2/t14-,18+/m1/s1. The molecule has 4 rings (SSSR count). The molecular weight excluding hydrogens is 524 g/mol. The van der Waals surface area contributed by atoms with Gasteiger partial charge < -0.3 is 20.4 Å². The molecule has 5 nitrogen and oxygen atoms in total. The Balaban J connectivity index is 1.57. The highest BCUT2D eigenvalue weighted by Crippen LogP contribution is 2.40. The first-order valence-corrected chi connectivity index (χ1v) is 11.2. The van der Waals surface area contributed by atoms with Gasteiger partial charge in [0.05, 0.1) is 36.1 Å². The Bertz CT molecular complexity index is 1010. The van der Waals surface area contributed by atoms with Crippen LogP contribution in [-0.4, -0.2) is 45.8 Å². The molecule has 3 N–H and O–H groups in total. The second-order valence-corrected chi connectivity index (χ2v) is 9.50. The maximum Gasteiger partial charge on any atom is 0.256 e. The Kier molecular flexibility index (Phi) is 6.19. The fourth-order valence-corrected chi connectivity index (χ4v) is 4.93. The molecule has 1 aliphatic carbocycles. The molecule has 0 radical (unpaired) electrons. The summed E-state index contributed by atoms with van der Waals surface area (Å²) in [7, 11) is 0. The third-order valence-electron chi connectivity index (χ3n) is 6.15. The summed E-state index contributed by atoms with van der Waals surface area (Å²) in [5, 5.41) is 23.6. The summed E-state index contributed by atoms with van der Waals surface area (Å²) in [6.45, 7) is -0.0201. The van der Waals surface area contributed by atoms with Gasteiger partial charge in [0.15, 0.2) is 11.6 Å². The average molecular weight is 546 g/mol. The van der Waals surface area contributed by atoms with Crippen LogP contribution >= 0.6 is 22.6 Å². The molecule has 2 aromatic rings. The smallest absolute Gasteiger partial charge is 0.256 e. The first-order chi connectivity index (χ1) is 14.7. The van der Waals surface area contributed by atoms with Crippen LogP contribution in [0.15, 0.2) is 30.3 Å². The molecule has 1 heterocycles. The average Bonchev–Trinajstić information content (AvgIpc) is 2.71. The number of rotatable bonds is 4. The summed E-state index contributed by atoms with van der Waals surface area (Å²) in [4.78, 5) is 14.3. The molecule has 2 aliphatic rings. The lowest BCUT2D eigenvalue weighted by Gasteiger charge is -2.52. The summed E-state index contributed by atoms with van der Waals surface area (Å²) in [5.74, 6) is -4.06. The van der Waals surface area contributed by atoms with E-state index in [1.807, 2.05) is 22.6 Å². The predicted octanol–water partition coefficient (Wildman–Crippen LogP) is 4.19. The number of aliphatic hydroxyl groups excluding tert-OH is 1. The lowest BCUT2D eigenvalue weighted by molar-refractivity contribution is -0.156. The second-order valence-electron chi connectivity index (χ2n) is 8.26. The molecular formula is C22H22F3IN2O3. The number of nitrogens with zero attached hydrogens (tertiary/aromatic N) is 1. The largest absolute Gasteiger partial charge is 0.393 e. The molecule has 1 amide bonds. The van der Waals surface area contributed by atoms with Gasteiger partial charge >= 0.3 is 0 Å². The number of anilines is 2. The van der Waals surface area contributed by atoms with Gasteiger partial charge in [-0.05, 0) is 65.8 Å². The van der Waals surface area contributed by atoms with Crippen LogP contribution in [0.5, 0.6) is 0 Å². The Morgan fingerprint density at radius 2 is 1.81 bits per heavy atom. The second kappa shape index (κ2) is 8.59. The van der Waals surface area contributed by atoms with Crippen LogP contribution in [0.25, 0.3) is 0 Å². The van der Waals surface area contributed by atoms with Gasteiger partial charge in [-0.2, -0.15) is 0 Å². The van der Waals surface area contributed by atoms with Crippen LogP contribution in [-0.2, 0) is 0 Å². The Hall–Kier alpha value is -1.85. The number of aliphatic hydroxyl groups is 2. The number of amides is 1. The van der Waals surface area contributed by atoms with Gasteiger partial charge in [-0.25, -0.2) is 13.2 Å². The fraction of sp³-hybridized carbons (Fsp3) is 0.409. The van der Waals surface area contributed by atoms with Crippen LogP contribution in [0, 0.1) is 26.9 Å². The molecule has 166 valence electrons. The Morgan fingerprint density at radius 3 is 2.48 bits per heavy atom. The molecule has 2 aromatic carbocycles. The molecule has 1 aliphatic heterocycles. The van der Waals surface area contributed by atoms with Gasteiger partial charge in [0.25, 0.3) is 5.91 Å². The van der Waals surface area contributed by atoms with Crippen molar-refractivity contribution in [2.24, 2.45) is 5.92 Å². The molecule has 1 saturated carbocycles. The summed E-state index contributed by atoms with van der Waals surface area (Å²) in [6.07, 6.45) is 2.45. The molecule has 2 atom stereocenters. The third kappa shape index (κ3) is 4.27. The van der Waals surface area contributed by atoms with Crippen LogP contribution in [0.2, 0.25) is 0 Å². The number of halogens is 4. The zero-order valence-corrected chi connectivity index (χ0v) is 18.7. The van der Waals surface area contributed by atoms with Gasteiger partial charge in [0, 0.05) is 9.49 Å². The van der Waals surface area contributed by atoms with E-state index in [2.05, 4.69) is 5.32 Å². The zero-order chi connectivity index (χ0) is 22.3. The number of carbonyl (C=O) groups is 1.